The number of amides is 1. The quantitative estimate of drug-likeness (QED) is 0.735. The third-order valence-corrected chi connectivity index (χ3v) is 2.75. The normalized spacial score (nSPS) is 19.1. The first-order valence-corrected chi connectivity index (χ1v) is 5.73. The van der Waals surface area contributed by atoms with Crippen molar-refractivity contribution < 1.29 is 19.4 Å². The molecule has 0 aromatic rings. The molecule has 1 aliphatic rings. The van der Waals surface area contributed by atoms with Crippen LogP contribution in [0.1, 0.15) is 39.0 Å². The van der Waals surface area contributed by atoms with E-state index in [1.807, 2.05) is 0 Å². The third-order valence-electron chi connectivity index (χ3n) is 2.75. The van der Waals surface area contributed by atoms with Gasteiger partial charge >= 0.3 is 5.97 Å². The first-order chi connectivity index (χ1) is 7.59. The molecule has 0 aliphatic heterocycles. The van der Waals surface area contributed by atoms with Crippen LogP contribution >= 0.6 is 0 Å². The molecular formula is C11H19NO4. The molecule has 5 nitrogen and oxygen atoms in total. The van der Waals surface area contributed by atoms with Crippen LogP contribution in [-0.4, -0.2) is 35.7 Å². The van der Waals surface area contributed by atoms with Crippen molar-refractivity contribution in [3.63, 3.8) is 0 Å². The lowest BCUT2D eigenvalue weighted by Gasteiger charge is -2.21. The van der Waals surface area contributed by atoms with E-state index in [-0.39, 0.29) is 18.6 Å². The van der Waals surface area contributed by atoms with Gasteiger partial charge in [0.1, 0.15) is 12.6 Å². The predicted octanol–water partition coefficient (Wildman–Crippen LogP) is 0.925. The highest BCUT2D eigenvalue weighted by Crippen LogP contribution is 2.19. The third kappa shape index (κ3) is 4.61. The molecule has 1 unspecified atom stereocenters. The Balaban J connectivity index is 2.16. The van der Waals surface area contributed by atoms with Crippen molar-refractivity contribution in [2.24, 2.45) is 0 Å². The van der Waals surface area contributed by atoms with Crippen molar-refractivity contribution in [3.05, 3.63) is 0 Å². The van der Waals surface area contributed by atoms with Gasteiger partial charge in [0.2, 0.25) is 5.91 Å². The molecule has 16 heavy (non-hydrogen) atoms. The largest absolute Gasteiger partial charge is 0.480 e. The Hall–Kier alpha value is -1.10. The number of aliphatic carboxylic acids is 1. The van der Waals surface area contributed by atoms with E-state index in [0.717, 1.165) is 25.7 Å². The van der Waals surface area contributed by atoms with Crippen molar-refractivity contribution in [2.45, 2.75) is 51.2 Å². The molecular weight excluding hydrogens is 210 g/mol. The van der Waals surface area contributed by atoms with Gasteiger partial charge in [-0.05, 0) is 19.8 Å². The van der Waals surface area contributed by atoms with Gasteiger partial charge in [-0.25, -0.2) is 0 Å². The van der Waals surface area contributed by atoms with Crippen molar-refractivity contribution in [1.82, 2.24) is 5.32 Å². The molecule has 1 fully saturated rings. The van der Waals surface area contributed by atoms with Crippen LogP contribution < -0.4 is 5.32 Å². The highest BCUT2D eigenvalue weighted by molar-refractivity contribution is 5.83. The average Bonchev–Trinajstić information content (AvgIpc) is 2.27. The molecule has 1 rings (SSSR count). The molecule has 5 heteroatoms. The lowest BCUT2D eigenvalue weighted by Crippen LogP contribution is -2.41. The lowest BCUT2D eigenvalue weighted by molar-refractivity contribution is -0.142. The first kappa shape index (κ1) is 13.0. The Labute approximate surface area is 95.2 Å². The van der Waals surface area contributed by atoms with Crippen molar-refractivity contribution in [3.8, 4) is 0 Å². The van der Waals surface area contributed by atoms with Gasteiger partial charge in [0.15, 0.2) is 0 Å². The van der Waals surface area contributed by atoms with Gasteiger partial charge in [-0.1, -0.05) is 19.3 Å². The summed E-state index contributed by atoms with van der Waals surface area (Å²) in [5, 5.41) is 10.9. The second-order valence-corrected chi connectivity index (χ2v) is 4.20. The number of hydrogen-bond donors (Lipinski definition) is 2. The molecule has 0 aromatic carbocycles. The van der Waals surface area contributed by atoms with E-state index >= 15 is 0 Å². The standard InChI is InChI=1S/C11H19NO4/c1-8(11(14)15)12-10(13)7-16-9-5-3-2-4-6-9/h8-9H,2-7H2,1H3,(H,12,13)(H,14,15). The van der Waals surface area contributed by atoms with E-state index < -0.39 is 12.0 Å². The highest BCUT2D eigenvalue weighted by Gasteiger charge is 2.17. The van der Waals surface area contributed by atoms with E-state index in [0.29, 0.717) is 0 Å². The minimum atomic E-state index is -1.04. The smallest absolute Gasteiger partial charge is 0.325 e. The van der Waals surface area contributed by atoms with Crippen molar-refractivity contribution >= 4 is 11.9 Å². The van der Waals surface area contributed by atoms with E-state index in [9.17, 15) is 9.59 Å². The molecule has 1 amide bonds. The number of carbonyl (C=O) groups excluding carboxylic acids is 1. The van der Waals surface area contributed by atoms with E-state index in [4.69, 9.17) is 9.84 Å². The van der Waals surface area contributed by atoms with Gasteiger partial charge in [-0.2, -0.15) is 0 Å². The van der Waals surface area contributed by atoms with Crippen LogP contribution in [0.2, 0.25) is 0 Å². The molecule has 0 aromatic heterocycles. The van der Waals surface area contributed by atoms with Gasteiger partial charge in [-0.15, -0.1) is 0 Å². The van der Waals surface area contributed by atoms with Gasteiger partial charge in [-0.3, -0.25) is 9.59 Å². The van der Waals surface area contributed by atoms with Gasteiger partial charge in [0.25, 0.3) is 0 Å². The molecule has 0 heterocycles. The molecule has 1 aliphatic carbocycles. The first-order valence-electron chi connectivity index (χ1n) is 5.73. The topological polar surface area (TPSA) is 75.6 Å². The van der Waals surface area contributed by atoms with Crippen LogP contribution in [-0.2, 0) is 14.3 Å². The number of nitrogens with one attached hydrogen (secondary N) is 1. The Bertz CT molecular complexity index is 248. The maximum absolute atomic E-state index is 11.3. The second-order valence-electron chi connectivity index (χ2n) is 4.20. The molecule has 1 saturated carbocycles. The predicted molar refractivity (Wildman–Crippen MR) is 58.1 cm³/mol. The van der Waals surface area contributed by atoms with Gasteiger partial charge in [0, 0.05) is 0 Å². The fourth-order valence-electron chi connectivity index (χ4n) is 1.77. The van der Waals surface area contributed by atoms with Crippen LogP contribution in [0.3, 0.4) is 0 Å². The molecule has 92 valence electrons. The Kier molecular flexibility index (Phi) is 5.25. The van der Waals surface area contributed by atoms with Gasteiger partial charge in [0.05, 0.1) is 6.10 Å². The number of carboxylic acids is 1. The number of rotatable bonds is 5. The Morgan fingerprint density at radius 2 is 2.00 bits per heavy atom. The van der Waals surface area contributed by atoms with Crippen molar-refractivity contribution in [1.29, 1.82) is 0 Å². The van der Waals surface area contributed by atoms with Crippen LogP contribution in [0, 0.1) is 0 Å². The maximum Gasteiger partial charge on any atom is 0.325 e. The minimum Gasteiger partial charge on any atom is -0.480 e. The van der Waals surface area contributed by atoms with E-state index in [1.54, 1.807) is 0 Å². The summed E-state index contributed by atoms with van der Waals surface area (Å²) >= 11 is 0. The summed E-state index contributed by atoms with van der Waals surface area (Å²) in [4.78, 5) is 21.8. The summed E-state index contributed by atoms with van der Waals surface area (Å²) in [6.07, 6.45) is 5.71. The molecule has 2 N–H and O–H groups in total. The minimum absolute atomic E-state index is 0.0394. The maximum atomic E-state index is 11.3. The number of carbonyl (C=O) groups is 2. The summed E-state index contributed by atoms with van der Waals surface area (Å²) in [7, 11) is 0. The fraction of sp³-hybridized carbons (Fsp3) is 0.818. The molecule has 0 radical (unpaired) electrons. The van der Waals surface area contributed by atoms with E-state index in [2.05, 4.69) is 5.32 Å². The average molecular weight is 229 g/mol. The Morgan fingerprint density at radius 3 is 2.56 bits per heavy atom. The van der Waals surface area contributed by atoms with Crippen molar-refractivity contribution in [2.75, 3.05) is 6.61 Å². The molecule has 0 spiro atoms. The molecule has 0 bridgehead atoms. The van der Waals surface area contributed by atoms with Crippen LogP contribution in [0.4, 0.5) is 0 Å². The monoisotopic (exact) mass is 229 g/mol. The van der Waals surface area contributed by atoms with Crippen LogP contribution in [0.15, 0.2) is 0 Å². The zero-order chi connectivity index (χ0) is 12.0. The number of carboxylic acid groups (broad SMARTS) is 1. The number of ether oxygens (including phenoxy) is 1. The fourth-order valence-corrected chi connectivity index (χ4v) is 1.77. The van der Waals surface area contributed by atoms with E-state index in [1.165, 1.54) is 13.3 Å². The van der Waals surface area contributed by atoms with Gasteiger partial charge < -0.3 is 15.2 Å². The molecule has 1 atom stereocenters. The van der Waals surface area contributed by atoms with Crippen LogP contribution in [0.25, 0.3) is 0 Å². The molecule has 0 saturated heterocycles. The number of hydrogen-bond acceptors (Lipinski definition) is 3. The zero-order valence-electron chi connectivity index (χ0n) is 9.57. The lowest BCUT2D eigenvalue weighted by atomic mass is 9.98. The SMILES string of the molecule is CC(NC(=O)COC1CCCCC1)C(=O)O. The zero-order valence-corrected chi connectivity index (χ0v) is 9.57. The summed E-state index contributed by atoms with van der Waals surface area (Å²) in [6.45, 7) is 1.39. The van der Waals surface area contributed by atoms with Crippen LogP contribution in [0.5, 0.6) is 0 Å². The summed E-state index contributed by atoms with van der Waals surface area (Å²) in [5.74, 6) is -1.40. The Morgan fingerprint density at radius 1 is 1.38 bits per heavy atom. The summed E-state index contributed by atoms with van der Waals surface area (Å²) in [6, 6.07) is -0.859. The second kappa shape index (κ2) is 6.48. The summed E-state index contributed by atoms with van der Waals surface area (Å²) in [5.41, 5.74) is 0. The highest BCUT2D eigenvalue weighted by atomic mass is 16.5. The summed E-state index contributed by atoms with van der Waals surface area (Å²) < 4.78 is 5.42.